The highest BCUT2D eigenvalue weighted by molar-refractivity contribution is 7.87. The molecule has 2 bridgehead atoms. The number of fused-ring (bicyclic) bond motifs is 1. The molecule has 0 amide bonds. The number of esters is 3. The van der Waals surface area contributed by atoms with E-state index >= 15 is 0 Å². The van der Waals surface area contributed by atoms with E-state index in [1.165, 1.54) is 0 Å². The second-order valence-electron chi connectivity index (χ2n) is 6.85. The molecule has 1 saturated heterocycles. The van der Waals surface area contributed by atoms with Crippen LogP contribution < -0.4 is 0 Å². The Bertz CT molecular complexity index is 757. The molecule has 2 saturated carbocycles. The van der Waals surface area contributed by atoms with Gasteiger partial charge in [-0.15, -0.1) is 0 Å². The summed E-state index contributed by atoms with van der Waals surface area (Å²) in [4.78, 5) is 45.1. The van der Waals surface area contributed by atoms with Crippen molar-refractivity contribution in [2.75, 3.05) is 13.2 Å². The molecule has 27 heavy (non-hydrogen) atoms. The SMILES string of the molecule is CC(=O)C(=O)OCCOC(=O)CCC(=O)OC1C2CC3C1OS(=O)(=O)C3C2. The van der Waals surface area contributed by atoms with Gasteiger partial charge in [0.2, 0.25) is 5.78 Å². The Balaban J connectivity index is 1.35. The molecule has 150 valence electrons. The molecular weight excluding hydrogens is 384 g/mol. The van der Waals surface area contributed by atoms with Crippen LogP contribution in [-0.4, -0.2) is 62.8 Å². The summed E-state index contributed by atoms with van der Waals surface area (Å²) in [6.07, 6.45) is -0.574. The van der Waals surface area contributed by atoms with E-state index in [0.717, 1.165) is 6.92 Å². The molecule has 3 rings (SSSR count). The minimum absolute atomic E-state index is 0.0332. The van der Waals surface area contributed by atoms with E-state index in [1.54, 1.807) is 0 Å². The normalized spacial score (nSPS) is 32.1. The number of hydrogen-bond donors (Lipinski definition) is 0. The fraction of sp³-hybridized carbons (Fsp3) is 0.750. The molecule has 5 unspecified atom stereocenters. The van der Waals surface area contributed by atoms with E-state index in [9.17, 15) is 27.6 Å². The number of Topliss-reactive ketones (excluding diaryl/α,β-unsaturated/α-hetero) is 1. The van der Waals surface area contributed by atoms with Crippen molar-refractivity contribution in [1.82, 2.24) is 0 Å². The second-order valence-corrected chi connectivity index (χ2v) is 8.64. The number of ketones is 1. The van der Waals surface area contributed by atoms with Crippen molar-refractivity contribution in [3.63, 3.8) is 0 Å². The highest BCUT2D eigenvalue weighted by Crippen LogP contribution is 2.55. The summed E-state index contributed by atoms with van der Waals surface area (Å²) in [5.41, 5.74) is 0. The molecule has 1 heterocycles. The van der Waals surface area contributed by atoms with Crippen molar-refractivity contribution in [3.8, 4) is 0 Å². The lowest BCUT2D eigenvalue weighted by Crippen LogP contribution is -2.37. The minimum Gasteiger partial charge on any atom is -0.462 e. The average Bonchev–Trinajstić information content (AvgIpc) is 3.21. The third-order valence-corrected chi connectivity index (χ3v) is 6.86. The molecule has 0 radical (unpaired) electrons. The Morgan fingerprint density at radius 3 is 2.37 bits per heavy atom. The van der Waals surface area contributed by atoms with Crippen molar-refractivity contribution < 1.29 is 46.0 Å². The monoisotopic (exact) mass is 404 g/mol. The summed E-state index contributed by atoms with van der Waals surface area (Å²) in [5.74, 6) is -3.24. The van der Waals surface area contributed by atoms with Crippen molar-refractivity contribution in [2.24, 2.45) is 11.8 Å². The van der Waals surface area contributed by atoms with Gasteiger partial charge in [0.05, 0.1) is 18.1 Å². The topological polar surface area (TPSA) is 139 Å². The largest absolute Gasteiger partial charge is 0.462 e. The number of carbonyl (C=O) groups excluding carboxylic acids is 4. The van der Waals surface area contributed by atoms with Crippen LogP contribution in [0.15, 0.2) is 0 Å². The molecule has 5 atom stereocenters. The lowest BCUT2D eigenvalue weighted by molar-refractivity contribution is -0.160. The molecule has 0 spiro atoms. The molecule has 0 aromatic carbocycles. The first-order chi connectivity index (χ1) is 12.7. The lowest BCUT2D eigenvalue weighted by Gasteiger charge is -2.24. The minimum atomic E-state index is -3.57. The quantitative estimate of drug-likeness (QED) is 0.171. The van der Waals surface area contributed by atoms with Crippen LogP contribution in [-0.2, 0) is 47.7 Å². The predicted molar refractivity (Wildman–Crippen MR) is 85.5 cm³/mol. The molecule has 3 aliphatic rings. The van der Waals surface area contributed by atoms with Gasteiger partial charge in [-0.2, -0.15) is 8.42 Å². The Labute approximate surface area is 155 Å². The van der Waals surface area contributed by atoms with Crippen molar-refractivity contribution in [3.05, 3.63) is 0 Å². The van der Waals surface area contributed by atoms with Gasteiger partial charge in [-0.1, -0.05) is 0 Å². The number of ether oxygens (including phenoxy) is 3. The zero-order valence-electron chi connectivity index (χ0n) is 14.6. The first kappa shape index (κ1) is 19.7. The molecule has 0 N–H and O–H groups in total. The lowest BCUT2D eigenvalue weighted by atomic mass is 9.94. The van der Waals surface area contributed by atoms with Crippen LogP contribution in [0.25, 0.3) is 0 Å². The zero-order chi connectivity index (χ0) is 19.8. The van der Waals surface area contributed by atoms with E-state index in [2.05, 4.69) is 4.74 Å². The second kappa shape index (κ2) is 7.55. The smallest absolute Gasteiger partial charge is 0.374 e. The fourth-order valence-corrected chi connectivity index (χ4v) is 5.80. The Hall–Kier alpha value is -2.01. The van der Waals surface area contributed by atoms with Crippen LogP contribution in [0.5, 0.6) is 0 Å². The van der Waals surface area contributed by atoms with Crippen molar-refractivity contribution in [2.45, 2.75) is 50.1 Å². The molecular formula is C16H20O10S. The van der Waals surface area contributed by atoms with Gasteiger partial charge in [0.1, 0.15) is 25.4 Å². The summed E-state index contributed by atoms with van der Waals surface area (Å²) >= 11 is 0. The van der Waals surface area contributed by atoms with Gasteiger partial charge in [-0.25, -0.2) is 4.79 Å². The van der Waals surface area contributed by atoms with Gasteiger partial charge in [-0.3, -0.25) is 18.6 Å². The Kier molecular flexibility index (Phi) is 5.52. The zero-order valence-corrected chi connectivity index (χ0v) is 15.4. The summed E-state index contributed by atoms with van der Waals surface area (Å²) in [7, 11) is -3.57. The highest BCUT2D eigenvalue weighted by Gasteiger charge is 2.65. The average molecular weight is 404 g/mol. The van der Waals surface area contributed by atoms with E-state index in [0.29, 0.717) is 12.8 Å². The third kappa shape index (κ3) is 4.13. The van der Waals surface area contributed by atoms with Crippen molar-refractivity contribution in [1.29, 1.82) is 0 Å². The molecule has 11 heteroatoms. The highest BCUT2D eigenvalue weighted by atomic mass is 32.2. The van der Waals surface area contributed by atoms with Crippen LogP contribution in [0.4, 0.5) is 0 Å². The maximum Gasteiger partial charge on any atom is 0.374 e. The number of rotatable bonds is 8. The van der Waals surface area contributed by atoms with Gasteiger partial charge in [0, 0.05) is 18.8 Å². The summed E-state index contributed by atoms with van der Waals surface area (Å²) < 4.78 is 43.5. The van der Waals surface area contributed by atoms with E-state index in [-0.39, 0.29) is 37.9 Å². The molecule has 0 aromatic rings. The maximum absolute atomic E-state index is 12.0. The Morgan fingerprint density at radius 2 is 1.67 bits per heavy atom. The number of hydrogen-bond acceptors (Lipinski definition) is 10. The molecule has 10 nitrogen and oxygen atoms in total. The van der Waals surface area contributed by atoms with Crippen LogP contribution in [0, 0.1) is 11.8 Å². The molecule has 1 aliphatic heterocycles. The summed E-state index contributed by atoms with van der Waals surface area (Å²) in [6.45, 7) is 0.575. The predicted octanol–water partition coefficient (Wildman–Crippen LogP) is -0.509. The van der Waals surface area contributed by atoms with Crippen LogP contribution >= 0.6 is 0 Å². The van der Waals surface area contributed by atoms with Gasteiger partial charge in [0.15, 0.2) is 0 Å². The van der Waals surface area contributed by atoms with Gasteiger partial charge >= 0.3 is 17.9 Å². The van der Waals surface area contributed by atoms with Gasteiger partial charge in [-0.05, 0) is 12.8 Å². The number of carbonyl (C=O) groups is 4. The van der Waals surface area contributed by atoms with Crippen LogP contribution in [0.3, 0.4) is 0 Å². The molecule has 2 aliphatic carbocycles. The first-order valence-corrected chi connectivity index (χ1v) is 10.1. The third-order valence-electron chi connectivity index (χ3n) is 5.08. The maximum atomic E-state index is 12.0. The van der Waals surface area contributed by atoms with Gasteiger partial charge < -0.3 is 14.2 Å². The van der Waals surface area contributed by atoms with E-state index in [4.69, 9.17) is 13.7 Å². The standard InChI is InChI=1S/C16H20O10S/c1-8(17)16(20)24-5-4-23-12(18)2-3-13(19)25-14-9-6-10-11(7-9)27(21,22)26-15(10)14/h9-11,14-15H,2-7H2,1H3. The fourth-order valence-electron chi connectivity index (χ4n) is 3.92. The van der Waals surface area contributed by atoms with E-state index in [1.807, 2.05) is 0 Å². The molecule has 0 aromatic heterocycles. The Morgan fingerprint density at radius 1 is 1.00 bits per heavy atom. The van der Waals surface area contributed by atoms with Gasteiger partial charge in [0.25, 0.3) is 10.1 Å². The van der Waals surface area contributed by atoms with E-state index < -0.39 is 51.3 Å². The summed E-state index contributed by atoms with van der Waals surface area (Å²) in [6, 6.07) is 0. The van der Waals surface area contributed by atoms with Crippen LogP contribution in [0.1, 0.15) is 32.6 Å². The van der Waals surface area contributed by atoms with Crippen molar-refractivity contribution >= 4 is 33.8 Å². The molecule has 3 fully saturated rings. The van der Waals surface area contributed by atoms with Crippen LogP contribution in [0.2, 0.25) is 0 Å². The summed E-state index contributed by atoms with van der Waals surface area (Å²) in [5, 5.41) is -0.491. The first-order valence-electron chi connectivity index (χ1n) is 8.64.